The first kappa shape index (κ1) is 17.7. The zero-order valence-electron chi connectivity index (χ0n) is 14.8. The van der Waals surface area contributed by atoms with E-state index in [9.17, 15) is 4.79 Å². The van der Waals surface area contributed by atoms with Crippen LogP contribution in [0, 0.1) is 19.8 Å². The highest BCUT2D eigenvalue weighted by Crippen LogP contribution is 2.23. The number of carbonyl (C=O) groups excluding carboxylic acids is 1. The van der Waals surface area contributed by atoms with Crippen molar-refractivity contribution in [2.75, 3.05) is 23.3 Å². The summed E-state index contributed by atoms with van der Waals surface area (Å²) in [6, 6.07) is 5.42. The van der Waals surface area contributed by atoms with Crippen LogP contribution in [0.3, 0.4) is 0 Å². The third kappa shape index (κ3) is 4.10. The number of hydrogen-bond donors (Lipinski definition) is 1. The Kier molecular flexibility index (Phi) is 5.23. The number of carbonyl (C=O) groups is 1. The zero-order valence-corrected chi connectivity index (χ0v) is 15.6. The quantitative estimate of drug-likeness (QED) is 0.891. The van der Waals surface area contributed by atoms with E-state index in [1.807, 2.05) is 19.9 Å². The molecule has 0 spiro atoms. The van der Waals surface area contributed by atoms with Gasteiger partial charge in [-0.2, -0.15) is 0 Å². The summed E-state index contributed by atoms with van der Waals surface area (Å²) in [6.45, 7) is 7.98. The first-order valence-electron chi connectivity index (χ1n) is 8.60. The van der Waals surface area contributed by atoms with Gasteiger partial charge in [-0.3, -0.25) is 4.79 Å². The second-order valence-corrected chi connectivity index (χ2v) is 7.19. The molecule has 5 nitrogen and oxygen atoms in total. The third-order valence-corrected chi connectivity index (χ3v) is 4.96. The van der Waals surface area contributed by atoms with Crippen molar-refractivity contribution in [1.82, 2.24) is 9.97 Å². The van der Waals surface area contributed by atoms with Gasteiger partial charge in [0.05, 0.1) is 11.3 Å². The molecule has 0 atom stereocenters. The molecule has 0 aliphatic carbocycles. The van der Waals surface area contributed by atoms with Crippen molar-refractivity contribution in [3.05, 3.63) is 46.2 Å². The van der Waals surface area contributed by atoms with Crippen LogP contribution in [-0.4, -0.2) is 29.0 Å². The van der Waals surface area contributed by atoms with E-state index in [1.165, 1.54) is 0 Å². The zero-order chi connectivity index (χ0) is 18.0. The lowest BCUT2D eigenvalue weighted by atomic mass is 10.00. The SMILES string of the molecule is Cc1ccc(Cl)cc1NC(=O)c1cnc(N2CCC(C)CC2)nc1C. The van der Waals surface area contributed by atoms with E-state index in [0.29, 0.717) is 27.9 Å². The fraction of sp³-hybridized carbons (Fsp3) is 0.421. The Bertz CT molecular complexity index is 785. The molecule has 6 heteroatoms. The van der Waals surface area contributed by atoms with Crippen LogP contribution in [0.5, 0.6) is 0 Å². The maximum Gasteiger partial charge on any atom is 0.259 e. The first-order chi connectivity index (χ1) is 11.9. The predicted molar refractivity (Wildman–Crippen MR) is 102 cm³/mol. The monoisotopic (exact) mass is 358 g/mol. The molecule has 1 aliphatic rings. The molecule has 0 radical (unpaired) electrons. The number of piperidine rings is 1. The van der Waals surface area contributed by atoms with Gasteiger partial charge in [0.2, 0.25) is 5.95 Å². The van der Waals surface area contributed by atoms with Crippen molar-refractivity contribution in [3.8, 4) is 0 Å². The van der Waals surface area contributed by atoms with Crippen LogP contribution in [0.2, 0.25) is 5.02 Å². The number of nitrogens with one attached hydrogen (secondary N) is 1. The minimum atomic E-state index is -0.221. The number of anilines is 2. The standard InChI is InChI=1S/C19H23ClN4O/c1-12-6-8-24(9-7-12)19-21-11-16(14(3)22-19)18(25)23-17-10-15(20)5-4-13(17)2/h4-5,10-12H,6-9H2,1-3H3,(H,23,25). The maximum atomic E-state index is 12.6. The summed E-state index contributed by atoms with van der Waals surface area (Å²) < 4.78 is 0. The van der Waals surface area contributed by atoms with Gasteiger partial charge in [0.1, 0.15) is 0 Å². The number of aryl methyl sites for hydroxylation is 2. The number of nitrogens with zero attached hydrogens (tertiary/aromatic N) is 3. The van der Waals surface area contributed by atoms with E-state index in [4.69, 9.17) is 11.6 Å². The first-order valence-corrected chi connectivity index (χ1v) is 8.98. The molecule has 132 valence electrons. The van der Waals surface area contributed by atoms with Gasteiger partial charge in [0.15, 0.2) is 0 Å². The fourth-order valence-corrected chi connectivity index (χ4v) is 3.13. The molecular formula is C19H23ClN4O. The molecule has 1 saturated heterocycles. The van der Waals surface area contributed by atoms with Gasteiger partial charge in [-0.25, -0.2) is 9.97 Å². The fourth-order valence-electron chi connectivity index (χ4n) is 2.96. The van der Waals surface area contributed by atoms with Gasteiger partial charge in [0.25, 0.3) is 5.91 Å². The van der Waals surface area contributed by atoms with Crippen molar-refractivity contribution in [2.24, 2.45) is 5.92 Å². The number of benzene rings is 1. The van der Waals surface area contributed by atoms with Crippen LogP contribution in [-0.2, 0) is 0 Å². The van der Waals surface area contributed by atoms with E-state index >= 15 is 0 Å². The second kappa shape index (κ2) is 7.40. The molecule has 0 unspecified atom stereocenters. The summed E-state index contributed by atoms with van der Waals surface area (Å²) in [4.78, 5) is 23.7. The number of aromatic nitrogens is 2. The number of amides is 1. The lowest BCUT2D eigenvalue weighted by molar-refractivity contribution is 0.102. The van der Waals surface area contributed by atoms with Gasteiger partial charge in [-0.05, 0) is 50.3 Å². The summed E-state index contributed by atoms with van der Waals surface area (Å²) in [5.74, 6) is 1.24. The van der Waals surface area contributed by atoms with Gasteiger partial charge in [-0.1, -0.05) is 24.6 Å². The Morgan fingerprint density at radius 1 is 1.28 bits per heavy atom. The van der Waals surface area contributed by atoms with E-state index in [1.54, 1.807) is 18.3 Å². The van der Waals surface area contributed by atoms with E-state index in [2.05, 4.69) is 27.1 Å². The van der Waals surface area contributed by atoms with Crippen LogP contribution >= 0.6 is 11.6 Å². The number of halogens is 1. The summed E-state index contributed by atoms with van der Waals surface area (Å²) in [7, 11) is 0. The smallest absolute Gasteiger partial charge is 0.259 e. The Hall–Kier alpha value is -2.14. The molecule has 3 rings (SSSR count). The Morgan fingerprint density at radius 3 is 2.68 bits per heavy atom. The summed E-state index contributed by atoms with van der Waals surface area (Å²) in [6.07, 6.45) is 3.92. The largest absolute Gasteiger partial charge is 0.341 e. The molecule has 1 aliphatic heterocycles. The average molecular weight is 359 g/mol. The lowest BCUT2D eigenvalue weighted by Crippen LogP contribution is -2.34. The number of hydrogen-bond acceptors (Lipinski definition) is 4. The van der Waals surface area contributed by atoms with Crippen LogP contribution in [0.25, 0.3) is 0 Å². The minimum absolute atomic E-state index is 0.221. The van der Waals surface area contributed by atoms with Crippen LogP contribution in [0.4, 0.5) is 11.6 Å². The summed E-state index contributed by atoms with van der Waals surface area (Å²) in [5, 5.41) is 3.48. The second-order valence-electron chi connectivity index (χ2n) is 6.75. The molecular weight excluding hydrogens is 336 g/mol. The third-order valence-electron chi connectivity index (χ3n) is 4.73. The summed E-state index contributed by atoms with van der Waals surface area (Å²) in [5.41, 5.74) is 2.82. The molecule has 1 aromatic heterocycles. The molecule has 0 bridgehead atoms. The molecule has 1 fully saturated rings. The van der Waals surface area contributed by atoms with Crippen molar-refractivity contribution < 1.29 is 4.79 Å². The predicted octanol–water partition coefficient (Wildman–Crippen LogP) is 4.24. The highest BCUT2D eigenvalue weighted by atomic mass is 35.5. The van der Waals surface area contributed by atoms with Crippen molar-refractivity contribution in [2.45, 2.75) is 33.6 Å². The van der Waals surface area contributed by atoms with Gasteiger partial charge in [0, 0.05) is 30.0 Å². The minimum Gasteiger partial charge on any atom is -0.341 e. The van der Waals surface area contributed by atoms with Crippen LogP contribution in [0.1, 0.15) is 41.4 Å². The Balaban J connectivity index is 1.76. The van der Waals surface area contributed by atoms with Crippen molar-refractivity contribution >= 4 is 29.1 Å². The van der Waals surface area contributed by atoms with E-state index < -0.39 is 0 Å². The Labute approximate surface area is 153 Å². The Morgan fingerprint density at radius 2 is 2.00 bits per heavy atom. The molecule has 1 N–H and O–H groups in total. The molecule has 1 aromatic carbocycles. The van der Waals surface area contributed by atoms with Gasteiger partial charge in [-0.15, -0.1) is 0 Å². The molecule has 2 aromatic rings. The average Bonchev–Trinajstić information content (AvgIpc) is 2.58. The lowest BCUT2D eigenvalue weighted by Gasteiger charge is -2.30. The van der Waals surface area contributed by atoms with Crippen LogP contribution in [0.15, 0.2) is 24.4 Å². The maximum absolute atomic E-state index is 12.6. The molecule has 2 heterocycles. The van der Waals surface area contributed by atoms with Gasteiger partial charge < -0.3 is 10.2 Å². The normalized spacial score (nSPS) is 15.3. The van der Waals surface area contributed by atoms with Gasteiger partial charge >= 0.3 is 0 Å². The highest BCUT2D eigenvalue weighted by molar-refractivity contribution is 6.31. The topological polar surface area (TPSA) is 58.1 Å². The number of rotatable bonds is 3. The molecule has 25 heavy (non-hydrogen) atoms. The molecule has 1 amide bonds. The highest BCUT2D eigenvalue weighted by Gasteiger charge is 2.20. The van der Waals surface area contributed by atoms with Crippen molar-refractivity contribution in [3.63, 3.8) is 0 Å². The van der Waals surface area contributed by atoms with Crippen molar-refractivity contribution in [1.29, 1.82) is 0 Å². The van der Waals surface area contributed by atoms with Crippen LogP contribution < -0.4 is 10.2 Å². The molecule has 0 saturated carbocycles. The summed E-state index contributed by atoms with van der Waals surface area (Å²) >= 11 is 6.01. The van der Waals surface area contributed by atoms with E-state index in [-0.39, 0.29) is 5.91 Å². The van der Waals surface area contributed by atoms with E-state index in [0.717, 1.165) is 37.4 Å².